The standard InChI is InChI=1S/C20H18N2O4/c1-12-4-2-3-5-15(12)20(24)21-11-14-8-13-9-17-18(26-7-6-25-17)10-16(13)22-19(14)23/h2-5,8-10H,6-7,11H2,1H3,(H,21,24)(H,22,23). The van der Waals surface area contributed by atoms with Crippen LogP contribution in [0.5, 0.6) is 11.5 Å². The van der Waals surface area contributed by atoms with Crippen LogP contribution < -0.4 is 20.3 Å². The molecule has 0 unspecified atom stereocenters. The first kappa shape index (κ1) is 16.2. The highest BCUT2D eigenvalue weighted by Crippen LogP contribution is 2.33. The van der Waals surface area contributed by atoms with Crippen LogP contribution in [-0.2, 0) is 6.54 Å². The van der Waals surface area contributed by atoms with Gasteiger partial charge in [-0.25, -0.2) is 0 Å². The van der Waals surface area contributed by atoms with Gasteiger partial charge in [0.15, 0.2) is 11.5 Å². The summed E-state index contributed by atoms with van der Waals surface area (Å²) in [5.74, 6) is 1.08. The summed E-state index contributed by atoms with van der Waals surface area (Å²) in [5, 5.41) is 3.64. The van der Waals surface area contributed by atoms with Crippen LogP contribution in [-0.4, -0.2) is 24.1 Å². The third-order valence-corrected chi connectivity index (χ3v) is 4.41. The minimum atomic E-state index is -0.237. The van der Waals surface area contributed by atoms with Gasteiger partial charge in [0.1, 0.15) is 13.2 Å². The van der Waals surface area contributed by atoms with E-state index in [0.717, 1.165) is 10.9 Å². The van der Waals surface area contributed by atoms with Crippen LogP contribution in [0.25, 0.3) is 10.9 Å². The molecule has 0 radical (unpaired) electrons. The number of pyridine rings is 1. The number of hydrogen-bond acceptors (Lipinski definition) is 4. The van der Waals surface area contributed by atoms with Crippen molar-refractivity contribution in [1.82, 2.24) is 10.3 Å². The second-order valence-corrected chi connectivity index (χ2v) is 6.20. The number of aromatic nitrogens is 1. The number of amides is 1. The summed E-state index contributed by atoms with van der Waals surface area (Å²) in [6, 6.07) is 12.7. The van der Waals surface area contributed by atoms with E-state index >= 15 is 0 Å². The van der Waals surface area contributed by atoms with Crippen molar-refractivity contribution in [1.29, 1.82) is 0 Å². The molecule has 2 N–H and O–H groups in total. The van der Waals surface area contributed by atoms with Crippen molar-refractivity contribution in [2.75, 3.05) is 13.2 Å². The van der Waals surface area contributed by atoms with Gasteiger partial charge in [0.2, 0.25) is 0 Å². The van der Waals surface area contributed by atoms with E-state index in [-0.39, 0.29) is 18.0 Å². The first-order valence-corrected chi connectivity index (χ1v) is 8.41. The van der Waals surface area contributed by atoms with Gasteiger partial charge in [0.25, 0.3) is 11.5 Å². The Morgan fingerprint density at radius 1 is 1.12 bits per heavy atom. The van der Waals surface area contributed by atoms with Gasteiger partial charge in [-0.3, -0.25) is 9.59 Å². The average molecular weight is 350 g/mol. The number of carbonyl (C=O) groups excluding carboxylic acids is 1. The number of fused-ring (bicyclic) bond motifs is 2. The van der Waals surface area contributed by atoms with E-state index in [1.165, 1.54) is 0 Å². The molecule has 0 bridgehead atoms. The number of nitrogens with one attached hydrogen (secondary N) is 2. The Morgan fingerprint density at radius 2 is 1.85 bits per heavy atom. The summed E-state index contributed by atoms with van der Waals surface area (Å²) in [4.78, 5) is 27.5. The van der Waals surface area contributed by atoms with E-state index in [9.17, 15) is 9.59 Å². The lowest BCUT2D eigenvalue weighted by atomic mass is 10.1. The SMILES string of the molecule is Cc1ccccc1C(=O)NCc1cc2cc3c(cc2[nH]c1=O)OCCO3. The zero-order chi connectivity index (χ0) is 18.1. The van der Waals surface area contributed by atoms with Crippen molar-refractivity contribution in [3.05, 3.63) is 69.5 Å². The molecule has 4 rings (SSSR count). The Balaban J connectivity index is 1.60. The maximum absolute atomic E-state index is 12.3. The molecular formula is C20H18N2O4. The topological polar surface area (TPSA) is 80.4 Å². The highest BCUT2D eigenvalue weighted by Gasteiger charge is 2.15. The average Bonchev–Trinajstić information content (AvgIpc) is 2.65. The predicted molar refractivity (Wildman–Crippen MR) is 97.9 cm³/mol. The molecular weight excluding hydrogens is 332 g/mol. The molecule has 6 heteroatoms. The second-order valence-electron chi connectivity index (χ2n) is 6.20. The molecule has 3 aromatic rings. The van der Waals surface area contributed by atoms with Crippen LogP contribution in [0.4, 0.5) is 0 Å². The Bertz CT molecular complexity index is 1060. The molecule has 0 atom stereocenters. The van der Waals surface area contributed by atoms with Gasteiger partial charge < -0.3 is 19.8 Å². The minimum Gasteiger partial charge on any atom is -0.486 e. The Labute approximate surface area is 149 Å². The molecule has 0 aliphatic carbocycles. The first-order chi connectivity index (χ1) is 12.6. The van der Waals surface area contributed by atoms with Crippen LogP contribution >= 0.6 is 0 Å². The van der Waals surface area contributed by atoms with Crippen molar-refractivity contribution in [2.45, 2.75) is 13.5 Å². The van der Waals surface area contributed by atoms with Crippen molar-refractivity contribution < 1.29 is 14.3 Å². The lowest BCUT2D eigenvalue weighted by Crippen LogP contribution is -2.27. The van der Waals surface area contributed by atoms with Crippen molar-refractivity contribution >= 4 is 16.8 Å². The van der Waals surface area contributed by atoms with Crippen molar-refractivity contribution in [3.63, 3.8) is 0 Å². The van der Waals surface area contributed by atoms with Crippen LogP contribution in [0.3, 0.4) is 0 Å². The van der Waals surface area contributed by atoms with Gasteiger partial charge in [0.05, 0.1) is 5.52 Å². The molecule has 0 saturated carbocycles. The summed E-state index contributed by atoms with van der Waals surface area (Å²) in [6.45, 7) is 3.02. The summed E-state index contributed by atoms with van der Waals surface area (Å²) >= 11 is 0. The van der Waals surface area contributed by atoms with E-state index < -0.39 is 0 Å². The Kier molecular flexibility index (Phi) is 4.08. The lowest BCUT2D eigenvalue weighted by Gasteiger charge is -2.18. The van der Waals surface area contributed by atoms with Crippen LogP contribution in [0.1, 0.15) is 21.5 Å². The summed E-state index contributed by atoms with van der Waals surface area (Å²) in [5.41, 5.74) is 2.41. The van der Waals surface area contributed by atoms with Crippen LogP contribution in [0.15, 0.2) is 47.3 Å². The molecule has 0 saturated heterocycles. The number of rotatable bonds is 3. The molecule has 0 spiro atoms. The lowest BCUT2D eigenvalue weighted by molar-refractivity contribution is 0.0950. The van der Waals surface area contributed by atoms with E-state index in [1.807, 2.05) is 31.2 Å². The summed E-state index contributed by atoms with van der Waals surface area (Å²) in [6.07, 6.45) is 0. The number of hydrogen-bond donors (Lipinski definition) is 2. The molecule has 1 aliphatic heterocycles. The van der Waals surface area contributed by atoms with E-state index in [2.05, 4.69) is 10.3 Å². The van der Waals surface area contributed by atoms with Crippen LogP contribution in [0, 0.1) is 6.92 Å². The number of benzene rings is 2. The monoisotopic (exact) mass is 350 g/mol. The van der Waals surface area contributed by atoms with E-state index in [0.29, 0.717) is 41.4 Å². The van der Waals surface area contributed by atoms with E-state index in [1.54, 1.807) is 18.2 Å². The van der Waals surface area contributed by atoms with Crippen molar-refractivity contribution in [3.8, 4) is 11.5 Å². The summed E-state index contributed by atoms with van der Waals surface area (Å²) < 4.78 is 11.1. The van der Waals surface area contributed by atoms with Crippen LogP contribution in [0.2, 0.25) is 0 Å². The maximum Gasteiger partial charge on any atom is 0.253 e. The molecule has 1 amide bonds. The van der Waals surface area contributed by atoms with Gasteiger partial charge in [-0.05, 0) is 30.7 Å². The Hall–Kier alpha value is -3.28. The zero-order valence-electron chi connectivity index (χ0n) is 14.3. The van der Waals surface area contributed by atoms with Crippen molar-refractivity contribution in [2.24, 2.45) is 0 Å². The minimum absolute atomic E-state index is 0.146. The smallest absolute Gasteiger partial charge is 0.253 e. The third-order valence-electron chi connectivity index (χ3n) is 4.41. The molecule has 1 aromatic heterocycles. The molecule has 2 aromatic carbocycles. The largest absolute Gasteiger partial charge is 0.486 e. The fourth-order valence-electron chi connectivity index (χ4n) is 3.02. The molecule has 132 valence electrons. The fraction of sp³-hybridized carbons (Fsp3) is 0.200. The zero-order valence-corrected chi connectivity index (χ0v) is 14.3. The predicted octanol–water partition coefficient (Wildman–Crippen LogP) is 2.54. The summed E-state index contributed by atoms with van der Waals surface area (Å²) in [7, 11) is 0. The molecule has 2 heterocycles. The van der Waals surface area contributed by atoms with Gasteiger partial charge in [-0.15, -0.1) is 0 Å². The molecule has 0 fully saturated rings. The van der Waals surface area contributed by atoms with E-state index in [4.69, 9.17) is 9.47 Å². The number of aromatic amines is 1. The second kappa shape index (κ2) is 6.55. The Morgan fingerprint density at radius 3 is 2.62 bits per heavy atom. The molecule has 6 nitrogen and oxygen atoms in total. The van der Waals surface area contributed by atoms with Gasteiger partial charge >= 0.3 is 0 Å². The first-order valence-electron chi connectivity index (χ1n) is 8.41. The number of carbonyl (C=O) groups is 1. The highest BCUT2D eigenvalue weighted by molar-refractivity contribution is 5.95. The quantitative estimate of drug-likeness (QED) is 0.761. The molecule has 26 heavy (non-hydrogen) atoms. The van der Waals surface area contributed by atoms with Gasteiger partial charge in [-0.1, -0.05) is 18.2 Å². The van der Waals surface area contributed by atoms with Gasteiger partial charge in [0, 0.05) is 29.1 Å². The number of H-pyrrole nitrogens is 1. The highest BCUT2D eigenvalue weighted by atomic mass is 16.6. The molecule has 1 aliphatic rings. The van der Waals surface area contributed by atoms with Gasteiger partial charge in [-0.2, -0.15) is 0 Å². The number of ether oxygens (including phenoxy) is 2. The normalized spacial score (nSPS) is 12.8. The maximum atomic E-state index is 12.3. The number of aryl methyl sites for hydroxylation is 1. The fourth-order valence-corrected chi connectivity index (χ4v) is 3.02. The third kappa shape index (κ3) is 3.01.